The van der Waals surface area contributed by atoms with Gasteiger partial charge in [-0.2, -0.15) is 13.2 Å². The van der Waals surface area contributed by atoms with Crippen LogP contribution in [0.2, 0.25) is 0 Å². The zero-order valence-corrected chi connectivity index (χ0v) is 18.2. The van der Waals surface area contributed by atoms with E-state index in [1.165, 1.54) is 0 Å². The Bertz CT molecular complexity index is 881. The van der Waals surface area contributed by atoms with Gasteiger partial charge in [0, 0.05) is 31.4 Å². The van der Waals surface area contributed by atoms with Gasteiger partial charge < -0.3 is 15.1 Å². The van der Waals surface area contributed by atoms with Crippen LogP contribution in [-0.4, -0.2) is 41.5 Å². The van der Waals surface area contributed by atoms with E-state index in [2.05, 4.69) is 17.1 Å². The monoisotopic (exact) mass is 451 g/mol. The molecule has 0 aliphatic carbocycles. The Balaban J connectivity index is 1.75. The highest BCUT2D eigenvalue weighted by Gasteiger charge is 2.35. The largest absolute Gasteiger partial charge is 0.419 e. The van der Waals surface area contributed by atoms with Gasteiger partial charge in [0.2, 0.25) is 0 Å². The molecule has 4 nitrogen and oxygen atoms in total. The Morgan fingerprint density at radius 1 is 1.12 bits per heavy atom. The van der Waals surface area contributed by atoms with Crippen molar-refractivity contribution in [1.29, 1.82) is 0 Å². The number of nitrogens with one attached hydrogen (secondary N) is 1. The smallest absolute Gasteiger partial charge is 0.317 e. The van der Waals surface area contributed by atoms with E-state index < -0.39 is 23.6 Å². The summed E-state index contributed by atoms with van der Waals surface area (Å²) in [5, 5.41) is 2.55. The van der Waals surface area contributed by atoms with Gasteiger partial charge in [-0.3, -0.25) is 0 Å². The number of halogens is 4. The summed E-state index contributed by atoms with van der Waals surface area (Å²) in [6.45, 7) is 5.28. The number of hydrogen-bond acceptors (Lipinski definition) is 2. The topological polar surface area (TPSA) is 35.6 Å². The minimum absolute atomic E-state index is 0.0318. The van der Waals surface area contributed by atoms with Crippen LogP contribution < -0.4 is 5.32 Å². The third kappa shape index (κ3) is 6.45. The molecule has 3 rings (SSSR count). The number of benzene rings is 2. The Morgan fingerprint density at radius 3 is 2.44 bits per heavy atom. The van der Waals surface area contributed by atoms with Crippen molar-refractivity contribution >= 4 is 11.7 Å². The number of likely N-dealkylation sites (tertiary alicyclic amines) is 1. The predicted molar refractivity (Wildman–Crippen MR) is 117 cm³/mol. The first kappa shape index (κ1) is 24.0. The number of hydrogen-bond donors (Lipinski definition) is 1. The molecule has 0 unspecified atom stereocenters. The fraction of sp³-hybridized carbons (Fsp3) is 0.458. The van der Waals surface area contributed by atoms with Crippen molar-refractivity contribution in [3.8, 4) is 0 Å². The molecule has 0 aromatic heterocycles. The summed E-state index contributed by atoms with van der Waals surface area (Å²) in [7, 11) is 0. The summed E-state index contributed by atoms with van der Waals surface area (Å²) in [5.41, 5.74) is -0.539. The molecule has 0 radical (unpaired) electrons. The fourth-order valence-electron chi connectivity index (χ4n) is 4.00. The van der Waals surface area contributed by atoms with Crippen molar-refractivity contribution in [2.75, 3.05) is 25.0 Å². The standard InChI is InChI=1S/C24H29F4N3O/c1-2-3-13-30-14-11-20(12-15-30)31(17-18-7-5-4-6-8-18)23(32)29-19-9-10-22(25)21(16-19)24(26,27)28/h4-10,16,20H,2-3,11-15,17H2,1H3,(H,29,32). The predicted octanol–water partition coefficient (Wildman–Crippen LogP) is 6.14. The lowest BCUT2D eigenvalue weighted by Crippen LogP contribution is -2.48. The second kappa shape index (κ2) is 10.8. The van der Waals surface area contributed by atoms with Crippen LogP contribution in [0.25, 0.3) is 0 Å². The van der Waals surface area contributed by atoms with Crippen molar-refractivity contribution in [2.24, 2.45) is 0 Å². The van der Waals surface area contributed by atoms with Crippen molar-refractivity contribution in [3.05, 3.63) is 65.5 Å². The van der Waals surface area contributed by atoms with Crippen molar-refractivity contribution in [2.45, 2.75) is 51.4 Å². The van der Waals surface area contributed by atoms with E-state index in [0.717, 1.165) is 63.0 Å². The van der Waals surface area contributed by atoms with Gasteiger partial charge in [0.05, 0.1) is 5.56 Å². The third-order valence-electron chi connectivity index (χ3n) is 5.81. The summed E-state index contributed by atoms with van der Waals surface area (Å²) in [5.74, 6) is -1.36. The van der Waals surface area contributed by atoms with E-state index in [4.69, 9.17) is 0 Å². The highest BCUT2D eigenvalue weighted by molar-refractivity contribution is 5.89. The van der Waals surface area contributed by atoms with Crippen molar-refractivity contribution in [1.82, 2.24) is 9.80 Å². The van der Waals surface area contributed by atoms with Gasteiger partial charge >= 0.3 is 12.2 Å². The number of rotatable bonds is 7. The Morgan fingerprint density at radius 2 is 1.81 bits per heavy atom. The maximum atomic E-state index is 13.6. The van der Waals surface area contributed by atoms with Gasteiger partial charge in [0.15, 0.2) is 0 Å². The van der Waals surface area contributed by atoms with Crippen molar-refractivity contribution < 1.29 is 22.4 Å². The first-order valence-corrected chi connectivity index (χ1v) is 11.0. The van der Waals surface area contributed by atoms with E-state index in [1.54, 1.807) is 4.90 Å². The molecular formula is C24H29F4N3O. The number of unbranched alkanes of at least 4 members (excludes halogenated alkanes) is 1. The summed E-state index contributed by atoms with van der Waals surface area (Å²) < 4.78 is 52.8. The quantitative estimate of drug-likeness (QED) is 0.513. The number of nitrogens with zero attached hydrogens (tertiary/aromatic N) is 2. The molecule has 1 heterocycles. The lowest BCUT2D eigenvalue weighted by molar-refractivity contribution is -0.139. The molecule has 1 fully saturated rings. The van der Waals surface area contributed by atoms with Crippen LogP contribution >= 0.6 is 0 Å². The second-order valence-corrected chi connectivity index (χ2v) is 8.16. The molecule has 1 saturated heterocycles. The molecular weight excluding hydrogens is 422 g/mol. The van der Waals surface area contributed by atoms with Crippen LogP contribution in [0.1, 0.15) is 43.7 Å². The maximum Gasteiger partial charge on any atom is 0.419 e. The molecule has 2 aromatic rings. The minimum atomic E-state index is -4.83. The first-order valence-electron chi connectivity index (χ1n) is 11.0. The van der Waals surface area contributed by atoms with Crippen LogP contribution in [0.3, 0.4) is 0 Å². The molecule has 2 amide bonds. The van der Waals surface area contributed by atoms with E-state index in [0.29, 0.717) is 12.6 Å². The van der Waals surface area contributed by atoms with Crippen LogP contribution in [0.4, 0.5) is 28.0 Å². The van der Waals surface area contributed by atoms with E-state index in [9.17, 15) is 22.4 Å². The number of carbonyl (C=O) groups excluding carboxylic acids is 1. The molecule has 1 aliphatic heterocycles. The SMILES string of the molecule is CCCCN1CCC(N(Cc2ccccc2)C(=O)Nc2ccc(F)c(C(F)(F)F)c2)CC1. The lowest BCUT2D eigenvalue weighted by Gasteiger charge is -2.38. The molecule has 2 aromatic carbocycles. The van der Waals surface area contributed by atoms with Gasteiger partial charge in [-0.25, -0.2) is 9.18 Å². The number of amides is 2. The lowest BCUT2D eigenvalue weighted by atomic mass is 10.0. The summed E-state index contributed by atoms with van der Waals surface area (Å²) >= 11 is 0. The number of urea groups is 1. The van der Waals surface area contributed by atoms with Gasteiger partial charge in [-0.15, -0.1) is 0 Å². The molecule has 32 heavy (non-hydrogen) atoms. The van der Waals surface area contributed by atoms with Crippen molar-refractivity contribution in [3.63, 3.8) is 0 Å². The summed E-state index contributed by atoms with van der Waals surface area (Å²) in [6, 6.07) is 11.5. The molecule has 1 N–H and O–H groups in total. The zero-order valence-electron chi connectivity index (χ0n) is 18.2. The third-order valence-corrected chi connectivity index (χ3v) is 5.81. The molecule has 1 aliphatic rings. The van der Waals surface area contributed by atoms with E-state index >= 15 is 0 Å². The van der Waals surface area contributed by atoms with Crippen LogP contribution in [0, 0.1) is 5.82 Å². The van der Waals surface area contributed by atoms with Gasteiger partial charge in [0.1, 0.15) is 5.82 Å². The number of piperidine rings is 1. The minimum Gasteiger partial charge on any atom is -0.317 e. The maximum absolute atomic E-state index is 13.6. The van der Waals surface area contributed by atoms with Crippen LogP contribution in [-0.2, 0) is 12.7 Å². The highest BCUT2D eigenvalue weighted by atomic mass is 19.4. The molecule has 174 valence electrons. The number of anilines is 1. The molecule has 0 saturated carbocycles. The Kier molecular flexibility index (Phi) is 8.12. The highest BCUT2D eigenvalue weighted by Crippen LogP contribution is 2.33. The summed E-state index contributed by atoms with van der Waals surface area (Å²) in [4.78, 5) is 17.2. The number of alkyl halides is 3. The number of carbonyl (C=O) groups is 1. The zero-order chi connectivity index (χ0) is 23.1. The molecule has 0 bridgehead atoms. The van der Waals surface area contributed by atoms with Gasteiger partial charge in [-0.1, -0.05) is 43.7 Å². The first-order chi connectivity index (χ1) is 15.3. The average molecular weight is 452 g/mol. The molecule has 8 heteroatoms. The Hall–Kier alpha value is -2.61. The normalized spacial score (nSPS) is 15.5. The van der Waals surface area contributed by atoms with Gasteiger partial charge in [-0.05, 0) is 49.6 Å². The fourth-order valence-corrected chi connectivity index (χ4v) is 4.00. The Labute approximate surface area is 186 Å². The van der Waals surface area contributed by atoms with E-state index in [1.807, 2.05) is 30.3 Å². The molecule has 0 spiro atoms. The van der Waals surface area contributed by atoms with Gasteiger partial charge in [0.25, 0.3) is 0 Å². The van der Waals surface area contributed by atoms with Crippen LogP contribution in [0.15, 0.2) is 48.5 Å². The second-order valence-electron chi connectivity index (χ2n) is 8.16. The molecule has 0 atom stereocenters. The average Bonchev–Trinajstić information content (AvgIpc) is 2.77. The van der Waals surface area contributed by atoms with Crippen LogP contribution in [0.5, 0.6) is 0 Å². The summed E-state index contributed by atoms with van der Waals surface area (Å²) in [6.07, 6.45) is -0.993. The van der Waals surface area contributed by atoms with E-state index in [-0.39, 0.29) is 11.7 Å².